The van der Waals surface area contributed by atoms with E-state index in [1.165, 1.54) is 16.9 Å². The van der Waals surface area contributed by atoms with Crippen LogP contribution in [0.15, 0.2) is 0 Å². The molecule has 7 nitrogen and oxygen atoms in total. The number of carbonyl (C=O) groups excluding carboxylic acids is 2. The van der Waals surface area contributed by atoms with Crippen LogP contribution in [0.2, 0.25) is 0 Å². The molecule has 0 atom stereocenters. The van der Waals surface area contributed by atoms with Crippen molar-refractivity contribution in [2.24, 2.45) is 5.92 Å². The summed E-state index contributed by atoms with van der Waals surface area (Å²) in [5, 5.41) is 8.74. The minimum atomic E-state index is -0.900. The van der Waals surface area contributed by atoms with E-state index in [1.54, 1.807) is 13.8 Å². The number of urea groups is 1. The van der Waals surface area contributed by atoms with Gasteiger partial charge in [0.2, 0.25) is 0 Å². The van der Waals surface area contributed by atoms with E-state index in [9.17, 15) is 14.4 Å². The number of amides is 2. The fraction of sp³-hybridized carbons (Fsp3) is 0.727. The van der Waals surface area contributed by atoms with Crippen LogP contribution in [0.5, 0.6) is 0 Å². The molecule has 1 saturated heterocycles. The number of carboxylic acid groups (broad SMARTS) is 1. The van der Waals surface area contributed by atoms with Gasteiger partial charge in [-0.2, -0.15) is 0 Å². The number of esters is 1. The van der Waals surface area contributed by atoms with Crippen LogP contribution in [0, 0.1) is 5.92 Å². The lowest BCUT2D eigenvalue weighted by Gasteiger charge is -2.40. The second kappa shape index (κ2) is 5.70. The van der Waals surface area contributed by atoms with Crippen molar-refractivity contribution < 1.29 is 24.2 Å². The lowest BCUT2D eigenvalue weighted by atomic mass is 10.0. The number of rotatable bonds is 4. The molecule has 1 heterocycles. The van der Waals surface area contributed by atoms with Crippen molar-refractivity contribution in [1.82, 2.24) is 9.80 Å². The van der Waals surface area contributed by atoms with Gasteiger partial charge in [-0.25, -0.2) is 4.79 Å². The van der Waals surface area contributed by atoms with Gasteiger partial charge >= 0.3 is 18.0 Å². The molecular formula is C11H18N2O5. The zero-order valence-corrected chi connectivity index (χ0v) is 10.8. The molecule has 0 bridgehead atoms. The summed E-state index contributed by atoms with van der Waals surface area (Å²) in [6, 6.07) is -0.478. The van der Waals surface area contributed by atoms with E-state index in [0.29, 0.717) is 0 Å². The number of carboxylic acids is 1. The number of hydrogen-bond donors (Lipinski definition) is 1. The summed E-state index contributed by atoms with van der Waals surface area (Å²) in [5.41, 5.74) is 0. The molecule has 1 fully saturated rings. The topological polar surface area (TPSA) is 87.2 Å². The number of carbonyl (C=O) groups is 3. The average molecular weight is 258 g/mol. The maximum Gasteiger partial charge on any atom is 0.325 e. The fourth-order valence-corrected chi connectivity index (χ4v) is 1.65. The first kappa shape index (κ1) is 14.3. The van der Waals surface area contributed by atoms with Crippen LogP contribution in [-0.4, -0.2) is 65.7 Å². The second-order valence-electron chi connectivity index (χ2n) is 4.52. The first-order chi connectivity index (χ1) is 8.36. The highest BCUT2D eigenvalue weighted by Crippen LogP contribution is 2.18. The summed E-state index contributed by atoms with van der Waals surface area (Å²) < 4.78 is 4.53. The fourth-order valence-electron chi connectivity index (χ4n) is 1.65. The van der Waals surface area contributed by atoms with Gasteiger partial charge in [0.05, 0.1) is 13.0 Å². The molecule has 18 heavy (non-hydrogen) atoms. The number of hydrogen-bond acceptors (Lipinski definition) is 4. The molecule has 0 aliphatic carbocycles. The zero-order chi connectivity index (χ0) is 13.9. The van der Waals surface area contributed by atoms with E-state index in [0.717, 1.165) is 0 Å². The normalized spacial score (nSPS) is 15.2. The molecule has 0 aromatic rings. The van der Waals surface area contributed by atoms with Crippen molar-refractivity contribution in [2.75, 3.05) is 26.7 Å². The van der Waals surface area contributed by atoms with Crippen molar-refractivity contribution in [1.29, 1.82) is 0 Å². The summed E-state index contributed by atoms with van der Waals surface area (Å²) in [4.78, 5) is 36.7. The minimum absolute atomic E-state index is 0.124. The van der Waals surface area contributed by atoms with E-state index in [4.69, 9.17) is 5.11 Å². The molecule has 1 aliphatic rings. The molecule has 1 aliphatic heterocycles. The van der Waals surface area contributed by atoms with Crippen LogP contribution in [0.3, 0.4) is 0 Å². The zero-order valence-electron chi connectivity index (χ0n) is 10.8. The second-order valence-corrected chi connectivity index (χ2v) is 4.52. The van der Waals surface area contributed by atoms with Crippen LogP contribution >= 0.6 is 0 Å². The highest BCUT2D eigenvalue weighted by atomic mass is 16.5. The Bertz CT molecular complexity index is 349. The molecule has 1 rings (SSSR count). The summed E-state index contributed by atoms with van der Waals surface area (Å²) in [6.45, 7) is 3.84. The Kier molecular flexibility index (Phi) is 4.52. The quantitative estimate of drug-likeness (QED) is 0.717. The van der Waals surface area contributed by atoms with Crippen LogP contribution in [0.1, 0.15) is 13.8 Å². The van der Waals surface area contributed by atoms with Crippen LogP contribution < -0.4 is 0 Å². The van der Waals surface area contributed by atoms with E-state index >= 15 is 0 Å². The molecule has 0 unspecified atom stereocenters. The lowest BCUT2D eigenvalue weighted by Crippen LogP contribution is -2.58. The van der Waals surface area contributed by atoms with E-state index in [2.05, 4.69) is 4.74 Å². The number of ether oxygens (including phenoxy) is 1. The predicted octanol–water partition coefficient (Wildman–Crippen LogP) is 0.00620. The van der Waals surface area contributed by atoms with E-state index in [1.807, 2.05) is 0 Å². The standard InChI is InChI=1S/C11H18N2O5/c1-7(2)13(6-9(14)18-3)11(17)12-4-8(5-12)10(15)16/h7-8H,4-6H2,1-3H3,(H,15,16). The van der Waals surface area contributed by atoms with Gasteiger partial charge in [0.15, 0.2) is 0 Å². The summed E-state index contributed by atoms with van der Waals surface area (Å²) in [7, 11) is 1.26. The van der Waals surface area contributed by atoms with Crippen LogP contribution in [0.4, 0.5) is 4.79 Å². The van der Waals surface area contributed by atoms with Gasteiger partial charge in [-0.05, 0) is 13.8 Å². The molecule has 0 spiro atoms. The van der Waals surface area contributed by atoms with Crippen molar-refractivity contribution >= 4 is 18.0 Å². The maximum absolute atomic E-state index is 12.0. The Morgan fingerprint density at radius 2 is 1.94 bits per heavy atom. The first-order valence-electron chi connectivity index (χ1n) is 5.72. The number of methoxy groups -OCH3 is 1. The molecule has 2 amide bonds. The molecule has 1 N–H and O–H groups in total. The molecule has 102 valence electrons. The van der Waals surface area contributed by atoms with Crippen molar-refractivity contribution in [3.63, 3.8) is 0 Å². The van der Waals surface area contributed by atoms with Crippen LogP contribution in [0.25, 0.3) is 0 Å². The molecule has 0 aromatic carbocycles. The van der Waals surface area contributed by atoms with Crippen molar-refractivity contribution in [3.8, 4) is 0 Å². The molecule has 0 aromatic heterocycles. The molecule has 0 saturated carbocycles. The minimum Gasteiger partial charge on any atom is -0.481 e. The average Bonchev–Trinajstić information content (AvgIpc) is 2.21. The summed E-state index contributed by atoms with van der Waals surface area (Å²) >= 11 is 0. The van der Waals surface area contributed by atoms with Crippen molar-refractivity contribution in [3.05, 3.63) is 0 Å². The molecule has 7 heteroatoms. The smallest absolute Gasteiger partial charge is 0.325 e. The third-order valence-electron chi connectivity index (χ3n) is 2.90. The monoisotopic (exact) mass is 258 g/mol. The van der Waals surface area contributed by atoms with E-state index < -0.39 is 17.9 Å². The summed E-state index contributed by atoms with van der Waals surface area (Å²) in [6.07, 6.45) is 0. The van der Waals surface area contributed by atoms with Gasteiger partial charge in [0, 0.05) is 19.1 Å². The lowest BCUT2D eigenvalue weighted by molar-refractivity contribution is -0.147. The Hall–Kier alpha value is -1.79. The Morgan fingerprint density at radius 1 is 1.39 bits per heavy atom. The number of aliphatic carboxylic acids is 1. The highest BCUT2D eigenvalue weighted by Gasteiger charge is 2.38. The Morgan fingerprint density at radius 3 is 2.33 bits per heavy atom. The molecule has 0 radical (unpaired) electrons. The maximum atomic E-state index is 12.0. The highest BCUT2D eigenvalue weighted by molar-refractivity contribution is 5.83. The number of nitrogens with zero attached hydrogens (tertiary/aromatic N) is 2. The summed E-state index contributed by atoms with van der Waals surface area (Å²) in [5.74, 6) is -1.89. The Labute approximate surface area is 105 Å². The third-order valence-corrected chi connectivity index (χ3v) is 2.90. The largest absolute Gasteiger partial charge is 0.481 e. The van der Waals surface area contributed by atoms with Crippen molar-refractivity contribution in [2.45, 2.75) is 19.9 Å². The van der Waals surface area contributed by atoms with Gasteiger partial charge in [-0.3, -0.25) is 9.59 Å². The van der Waals surface area contributed by atoms with Gasteiger partial charge in [0.1, 0.15) is 6.54 Å². The Balaban J connectivity index is 2.57. The van der Waals surface area contributed by atoms with E-state index in [-0.39, 0.29) is 31.7 Å². The number of likely N-dealkylation sites (tertiary alicyclic amines) is 1. The van der Waals surface area contributed by atoms with Gasteiger partial charge in [-0.1, -0.05) is 0 Å². The first-order valence-corrected chi connectivity index (χ1v) is 5.72. The van der Waals surface area contributed by atoms with Gasteiger partial charge in [0.25, 0.3) is 0 Å². The predicted molar refractivity (Wildman–Crippen MR) is 62.0 cm³/mol. The SMILES string of the molecule is COC(=O)CN(C(=O)N1CC(C(=O)O)C1)C(C)C. The molecular weight excluding hydrogens is 240 g/mol. The van der Waals surface area contributed by atoms with Gasteiger partial charge in [-0.15, -0.1) is 0 Å². The third kappa shape index (κ3) is 3.12. The van der Waals surface area contributed by atoms with Crippen LogP contribution in [-0.2, 0) is 14.3 Å². The van der Waals surface area contributed by atoms with Gasteiger partial charge < -0.3 is 19.6 Å².